The van der Waals surface area contributed by atoms with Crippen molar-refractivity contribution in [3.63, 3.8) is 0 Å². The summed E-state index contributed by atoms with van der Waals surface area (Å²) in [7, 11) is 0. The van der Waals surface area contributed by atoms with Crippen molar-refractivity contribution in [1.82, 2.24) is 19.6 Å². The minimum Gasteiger partial charge on any atom is -0.492 e. The standard InChI is InChI=1S/C30H35Cl2FN2O5.C29H33Cl2FN2O5/c1-19-13-28-30(39)34(12-11-22(35(28)16-19)18-40-24-4-2-3-21(33)15-24)27(9-7-23(37)17-36)29(38)10-6-20-5-8-25(31)26(32)14-20;1-18-13-26-29(38)33(12-11-21(34(26)16-18)17-39-22-4-2-3-20(32)15-22)25(8-10-28(36)37)27(35)9-6-19-5-7-23(30)24(31)14-19/h2-5,8,14-15,19,22,27-28,36H,6-7,9-13,16-18H2,1H3;2-5,7,14-15,18,21,25-26H,6,8-13,16-17H2,1H3,(H,36,37)/t19-,22?,27-,28+;18-,21?,25-,26+/m11/s1. The van der Waals surface area contributed by atoms with Gasteiger partial charge in [0, 0.05) is 76.1 Å². The highest BCUT2D eigenvalue weighted by Crippen LogP contribution is 2.35. The van der Waals surface area contributed by atoms with Crippen LogP contribution in [0.25, 0.3) is 0 Å². The molecule has 2 N–H and O–H groups in total. The van der Waals surface area contributed by atoms with Gasteiger partial charge in [-0.3, -0.25) is 38.6 Å². The number of aliphatic hydroxyl groups excluding tert-OH is 1. The molecule has 4 fully saturated rings. The van der Waals surface area contributed by atoms with Gasteiger partial charge in [-0.15, -0.1) is 0 Å². The Labute approximate surface area is 480 Å². The molecule has 2 amide bonds. The van der Waals surface area contributed by atoms with Crippen LogP contribution in [0.5, 0.6) is 11.5 Å². The highest BCUT2D eigenvalue weighted by molar-refractivity contribution is 6.42. The zero-order chi connectivity index (χ0) is 56.9. The minimum absolute atomic E-state index is 0.000352. The Morgan fingerprint density at radius 3 is 1.43 bits per heavy atom. The first-order chi connectivity index (χ1) is 37.8. The fraction of sp³-hybridized carbons (Fsp3) is 0.492. The number of carboxylic acid groups (broad SMARTS) is 1. The quantitative estimate of drug-likeness (QED) is 0.0721. The van der Waals surface area contributed by atoms with E-state index in [4.69, 9.17) is 55.9 Å². The Balaban J connectivity index is 0.000000229. The summed E-state index contributed by atoms with van der Waals surface area (Å²) in [5.41, 5.74) is 1.68. The molecular formula is C59H68Cl4F2N4O10. The van der Waals surface area contributed by atoms with Crippen LogP contribution in [0.2, 0.25) is 20.1 Å². The monoisotopic (exact) mass is 1170 g/mol. The number of fused-ring (bicyclic) bond motifs is 2. The molecule has 14 nitrogen and oxygen atoms in total. The van der Waals surface area contributed by atoms with Crippen molar-refractivity contribution < 1.29 is 57.2 Å². The number of aryl methyl sites for hydroxylation is 2. The summed E-state index contributed by atoms with van der Waals surface area (Å²) in [6, 6.07) is 19.7. The molecule has 4 aliphatic heterocycles. The predicted octanol–water partition coefficient (Wildman–Crippen LogP) is 9.99. The van der Waals surface area contributed by atoms with Crippen LogP contribution in [0.15, 0.2) is 84.9 Å². The van der Waals surface area contributed by atoms with Gasteiger partial charge in [-0.25, -0.2) is 8.78 Å². The first-order valence-electron chi connectivity index (χ1n) is 26.9. The molecule has 8 rings (SSSR count). The number of rotatable bonds is 23. The molecular weight excluding hydrogens is 1100 g/mol. The molecule has 2 unspecified atom stereocenters. The van der Waals surface area contributed by atoms with Crippen molar-refractivity contribution in [2.24, 2.45) is 11.8 Å². The van der Waals surface area contributed by atoms with E-state index in [-0.39, 0.29) is 116 Å². The second kappa shape index (κ2) is 29.0. The van der Waals surface area contributed by atoms with Crippen LogP contribution in [-0.2, 0) is 41.6 Å². The molecule has 4 aliphatic rings. The molecule has 8 atom stereocenters. The number of carbonyl (C=O) groups excluding carboxylic acids is 5. The van der Waals surface area contributed by atoms with Crippen LogP contribution in [0, 0.1) is 23.5 Å². The lowest BCUT2D eigenvalue weighted by Crippen LogP contribution is -2.51. The van der Waals surface area contributed by atoms with Crippen LogP contribution in [0.4, 0.5) is 8.78 Å². The topological polar surface area (TPSA) is 174 Å². The molecule has 0 aromatic heterocycles. The molecule has 4 heterocycles. The Kier molecular flexibility index (Phi) is 22.5. The summed E-state index contributed by atoms with van der Waals surface area (Å²) in [4.78, 5) is 85.8. The van der Waals surface area contributed by atoms with E-state index in [1.54, 1.807) is 64.4 Å². The zero-order valence-electron chi connectivity index (χ0n) is 44.4. The van der Waals surface area contributed by atoms with Crippen molar-refractivity contribution in [3.8, 4) is 11.5 Å². The highest BCUT2D eigenvalue weighted by atomic mass is 35.5. The molecule has 0 spiro atoms. The van der Waals surface area contributed by atoms with Gasteiger partial charge in [-0.2, -0.15) is 0 Å². The van der Waals surface area contributed by atoms with E-state index < -0.39 is 36.7 Å². The smallest absolute Gasteiger partial charge is 0.303 e. The number of amides is 2. The Morgan fingerprint density at radius 1 is 0.608 bits per heavy atom. The number of ether oxygens (including phenoxy) is 2. The van der Waals surface area contributed by atoms with Gasteiger partial charge < -0.3 is 29.5 Å². The zero-order valence-corrected chi connectivity index (χ0v) is 47.4. The second-order valence-corrected chi connectivity index (χ2v) is 22.8. The maximum atomic E-state index is 13.9. The van der Waals surface area contributed by atoms with Crippen LogP contribution >= 0.6 is 46.4 Å². The molecule has 4 saturated heterocycles. The van der Waals surface area contributed by atoms with Gasteiger partial charge in [0.05, 0.1) is 44.3 Å². The third kappa shape index (κ3) is 16.9. The average Bonchev–Trinajstić information content (AvgIpc) is 3.97. The average molecular weight is 1170 g/mol. The van der Waals surface area contributed by atoms with Gasteiger partial charge in [0.15, 0.2) is 17.3 Å². The summed E-state index contributed by atoms with van der Waals surface area (Å²) in [5, 5.41) is 20.3. The molecule has 4 aromatic carbocycles. The number of aliphatic carboxylic acids is 1. The molecule has 0 saturated carbocycles. The number of halogens is 6. The van der Waals surface area contributed by atoms with Crippen molar-refractivity contribution in [2.75, 3.05) is 46.0 Å². The lowest BCUT2D eigenvalue weighted by atomic mass is 9.96. The van der Waals surface area contributed by atoms with Crippen LogP contribution in [0.3, 0.4) is 0 Å². The van der Waals surface area contributed by atoms with E-state index in [0.29, 0.717) is 89.7 Å². The van der Waals surface area contributed by atoms with E-state index in [1.807, 2.05) is 6.07 Å². The summed E-state index contributed by atoms with van der Waals surface area (Å²) in [6.07, 6.45) is 3.52. The summed E-state index contributed by atoms with van der Waals surface area (Å²) < 4.78 is 39.2. The third-order valence-corrected chi connectivity index (χ3v) is 16.8. The largest absolute Gasteiger partial charge is 0.492 e. The summed E-state index contributed by atoms with van der Waals surface area (Å²) in [5.74, 6) is -1.34. The lowest BCUT2D eigenvalue weighted by molar-refractivity contribution is -0.144. The normalized spacial score (nSPS) is 22.2. The number of hydrogen-bond acceptors (Lipinski definition) is 11. The highest BCUT2D eigenvalue weighted by Gasteiger charge is 2.47. The van der Waals surface area contributed by atoms with Gasteiger partial charge >= 0.3 is 5.97 Å². The van der Waals surface area contributed by atoms with Gasteiger partial charge in [0.2, 0.25) is 11.8 Å². The van der Waals surface area contributed by atoms with Gasteiger partial charge in [0.25, 0.3) is 0 Å². The van der Waals surface area contributed by atoms with Crippen LogP contribution in [-0.4, -0.2) is 147 Å². The molecule has 426 valence electrons. The van der Waals surface area contributed by atoms with Crippen molar-refractivity contribution in [1.29, 1.82) is 0 Å². The maximum absolute atomic E-state index is 13.9. The number of Topliss-reactive ketones (excluding diaryl/α,β-unsaturated/α-hetero) is 3. The van der Waals surface area contributed by atoms with Crippen LogP contribution in [0.1, 0.15) is 89.2 Å². The van der Waals surface area contributed by atoms with E-state index >= 15 is 0 Å². The Hall–Kier alpha value is -5.20. The Bertz CT molecular complexity index is 2810. The lowest BCUT2D eigenvalue weighted by Gasteiger charge is -2.32. The van der Waals surface area contributed by atoms with Gasteiger partial charge in [-0.1, -0.05) is 84.5 Å². The molecule has 4 aromatic rings. The van der Waals surface area contributed by atoms with E-state index in [9.17, 15) is 47.8 Å². The maximum Gasteiger partial charge on any atom is 0.303 e. The molecule has 79 heavy (non-hydrogen) atoms. The fourth-order valence-electron chi connectivity index (χ4n) is 11.3. The number of hydrogen-bond donors (Lipinski definition) is 2. The van der Waals surface area contributed by atoms with Crippen molar-refractivity contribution in [3.05, 3.63) is 128 Å². The molecule has 0 bridgehead atoms. The number of benzene rings is 4. The molecule has 0 aliphatic carbocycles. The third-order valence-electron chi connectivity index (χ3n) is 15.3. The minimum atomic E-state index is -1.02. The SMILES string of the molecule is C[C@@H]1C[C@H]2C(=O)N([C@H](CCC(=O)CO)C(=O)CCc3ccc(Cl)c(Cl)c3)CCC(COc3cccc(F)c3)N2C1.C[C@@H]1C[C@H]2C(=O)N([C@H](CCC(=O)O)C(=O)CCc3ccc(Cl)c(Cl)c3)CCC(COc3cccc(F)c3)N2C1. The predicted molar refractivity (Wildman–Crippen MR) is 298 cm³/mol. The fourth-order valence-corrected chi connectivity index (χ4v) is 12.0. The summed E-state index contributed by atoms with van der Waals surface area (Å²) in [6.45, 7) is 6.20. The number of ketones is 3. The molecule has 20 heteroatoms. The first kappa shape index (κ1) is 61.4. The number of carbonyl (C=O) groups is 6. The van der Waals surface area contributed by atoms with E-state index in [2.05, 4.69) is 23.6 Å². The van der Waals surface area contributed by atoms with Crippen molar-refractivity contribution >= 4 is 81.5 Å². The summed E-state index contributed by atoms with van der Waals surface area (Å²) >= 11 is 24.3. The first-order valence-corrected chi connectivity index (χ1v) is 28.5. The van der Waals surface area contributed by atoms with Gasteiger partial charge in [0.1, 0.15) is 43.0 Å². The van der Waals surface area contributed by atoms with Crippen molar-refractivity contribution in [2.45, 2.75) is 127 Å². The number of nitrogens with zero attached hydrogens (tertiary/aromatic N) is 4. The Morgan fingerprint density at radius 2 is 1.04 bits per heavy atom. The van der Waals surface area contributed by atoms with Gasteiger partial charge in [-0.05, 0) is 123 Å². The van der Waals surface area contributed by atoms with Crippen LogP contribution < -0.4 is 9.47 Å². The van der Waals surface area contributed by atoms with E-state index in [1.165, 1.54) is 24.3 Å². The van der Waals surface area contributed by atoms with E-state index in [0.717, 1.165) is 17.7 Å². The second-order valence-electron chi connectivity index (χ2n) is 21.2. The molecule has 0 radical (unpaired) electrons. The number of aliphatic hydroxyl groups is 1. The number of carboxylic acids is 1.